The van der Waals surface area contributed by atoms with Gasteiger partial charge in [-0.15, -0.1) is 0 Å². The van der Waals surface area contributed by atoms with Crippen LogP contribution in [0.3, 0.4) is 0 Å². The fraction of sp³-hybridized carbons (Fsp3) is 0.455. The predicted octanol–water partition coefficient (Wildman–Crippen LogP) is 0.601. The molecule has 0 saturated carbocycles. The first-order valence-corrected chi connectivity index (χ1v) is 11.0. The van der Waals surface area contributed by atoms with Gasteiger partial charge in [0, 0.05) is 19.5 Å². The van der Waals surface area contributed by atoms with Crippen LogP contribution in [0.5, 0.6) is 0 Å². The number of nitrogens with one attached hydrogen (secondary N) is 4. The van der Waals surface area contributed by atoms with Crippen molar-refractivity contribution in [3.05, 3.63) is 35.4 Å². The highest BCUT2D eigenvalue weighted by molar-refractivity contribution is 5.84. The van der Waals surface area contributed by atoms with Crippen LogP contribution in [0, 0.1) is 0 Å². The van der Waals surface area contributed by atoms with Crippen LogP contribution in [0.4, 0.5) is 9.59 Å². The summed E-state index contributed by atoms with van der Waals surface area (Å²) in [5.74, 6) is -4.16. The quantitative estimate of drug-likeness (QED) is 0.162. The summed E-state index contributed by atoms with van der Waals surface area (Å²) in [6, 6.07) is 4.34. The molecule has 14 nitrogen and oxygen atoms in total. The van der Waals surface area contributed by atoms with Crippen molar-refractivity contribution in [2.45, 2.75) is 51.6 Å². The zero-order chi connectivity index (χ0) is 27.5. The Labute approximate surface area is 207 Å². The second kappa shape index (κ2) is 18.0. The van der Waals surface area contributed by atoms with Crippen molar-refractivity contribution in [2.75, 3.05) is 13.1 Å². The van der Waals surface area contributed by atoms with Gasteiger partial charge in [-0.1, -0.05) is 31.2 Å². The van der Waals surface area contributed by atoms with Gasteiger partial charge in [0.1, 0.15) is 12.6 Å². The van der Waals surface area contributed by atoms with Gasteiger partial charge in [0.15, 0.2) is 0 Å². The van der Waals surface area contributed by atoms with Crippen molar-refractivity contribution in [1.82, 2.24) is 21.3 Å². The minimum Gasteiger partial charge on any atom is -0.481 e. The third-order valence-corrected chi connectivity index (χ3v) is 4.34. The van der Waals surface area contributed by atoms with Crippen LogP contribution >= 0.6 is 0 Å². The fourth-order valence-electron chi connectivity index (χ4n) is 2.49. The summed E-state index contributed by atoms with van der Waals surface area (Å²) in [5, 5.41) is 43.5. The molecule has 0 aliphatic carbocycles. The summed E-state index contributed by atoms with van der Waals surface area (Å²) in [4.78, 5) is 64.8. The first-order valence-electron chi connectivity index (χ1n) is 11.0. The highest BCUT2D eigenvalue weighted by Gasteiger charge is 2.19. The van der Waals surface area contributed by atoms with Crippen molar-refractivity contribution < 1.29 is 49.2 Å². The van der Waals surface area contributed by atoms with E-state index in [9.17, 15) is 28.8 Å². The van der Waals surface area contributed by atoms with Crippen LogP contribution in [0.15, 0.2) is 24.3 Å². The van der Waals surface area contributed by atoms with Gasteiger partial charge < -0.3 is 41.7 Å². The van der Waals surface area contributed by atoms with E-state index >= 15 is 0 Å². The fourth-order valence-corrected chi connectivity index (χ4v) is 2.49. The summed E-state index contributed by atoms with van der Waals surface area (Å²) in [6.07, 6.45) is 1.14. The SMILES string of the molecule is CCC(=O)O.O=C(O)CNC(=O)NC(CCCCNC(=O)NCc1ccc(CC(=O)O)cc1)C(=O)O. The number of carboxylic acid groups (broad SMARTS) is 4. The van der Waals surface area contributed by atoms with E-state index < -0.39 is 48.5 Å². The van der Waals surface area contributed by atoms with Gasteiger partial charge in [-0.25, -0.2) is 14.4 Å². The Morgan fingerprint density at radius 2 is 1.33 bits per heavy atom. The summed E-state index contributed by atoms with van der Waals surface area (Å²) in [5.41, 5.74) is 1.47. The summed E-state index contributed by atoms with van der Waals surface area (Å²) in [7, 11) is 0. The van der Waals surface area contributed by atoms with E-state index in [1.807, 2.05) is 5.32 Å². The first-order chi connectivity index (χ1) is 16.9. The molecule has 0 aliphatic rings. The minimum atomic E-state index is -1.25. The molecule has 36 heavy (non-hydrogen) atoms. The lowest BCUT2D eigenvalue weighted by atomic mass is 10.1. The van der Waals surface area contributed by atoms with Crippen molar-refractivity contribution >= 4 is 35.9 Å². The van der Waals surface area contributed by atoms with Crippen molar-refractivity contribution in [2.24, 2.45) is 0 Å². The van der Waals surface area contributed by atoms with Gasteiger partial charge in [-0.05, 0) is 30.4 Å². The predicted molar refractivity (Wildman–Crippen MR) is 125 cm³/mol. The minimum absolute atomic E-state index is 0.0700. The molecule has 0 heterocycles. The molecule has 1 atom stereocenters. The number of carbonyl (C=O) groups excluding carboxylic acids is 2. The maximum absolute atomic E-state index is 11.8. The number of carboxylic acids is 4. The molecule has 1 unspecified atom stereocenters. The molecule has 1 aromatic rings. The molecule has 0 saturated heterocycles. The molecule has 0 aromatic heterocycles. The third-order valence-electron chi connectivity index (χ3n) is 4.34. The second-order valence-electron chi connectivity index (χ2n) is 7.35. The van der Waals surface area contributed by atoms with Crippen LogP contribution in [0.25, 0.3) is 0 Å². The molecule has 0 bridgehead atoms. The Morgan fingerprint density at radius 3 is 1.83 bits per heavy atom. The highest BCUT2D eigenvalue weighted by atomic mass is 16.4. The van der Waals surface area contributed by atoms with E-state index in [1.165, 1.54) is 0 Å². The molecule has 14 heteroatoms. The molecule has 0 fully saturated rings. The molecule has 0 radical (unpaired) electrons. The van der Waals surface area contributed by atoms with E-state index in [0.717, 1.165) is 5.56 Å². The van der Waals surface area contributed by atoms with Crippen LogP contribution in [0.1, 0.15) is 43.7 Å². The van der Waals surface area contributed by atoms with Gasteiger partial charge in [-0.2, -0.15) is 0 Å². The Bertz CT molecular complexity index is 889. The second-order valence-corrected chi connectivity index (χ2v) is 7.35. The first kappa shape index (κ1) is 31.6. The zero-order valence-corrected chi connectivity index (χ0v) is 19.8. The molecular weight excluding hydrogens is 480 g/mol. The Balaban J connectivity index is 0.00000222. The Kier molecular flexibility index (Phi) is 15.8. The summed E-state index contributed by atoms with van der Waals surface area (Å²) in [6.45, 7) is 1.53. The van der Waals surface area contributed by atoms with E-state index in [2.05, 4.69) is 16.0 Å². The number of benzene rings is 1. The number of urea groups is 2. The number of aliphatic carboxylic acids is 4. The molecule has 8 N–H and O–H groups in total. The smallest absolute Gasteiger partial charge is 0.326 e. The van der Waals surface area contributed by atoms with Gasteiger partial charge >= 0.3 is 35.9 Å². The average molecular weight is 513 g/mol. The summed E-state index contributed by atoms with van der Waals surface area (Å²) >= 11 is 0. The monoisotopic (exact) mass is 512 g/mol. The maximum Gasteiger partial charge on any atom is 0.326 e. The average Bonchev–Trinajstić information content (AvgIpc) is 2.81. The van der Waals surface area contributed by atoms with E-state index in [-0.39, 0.29) is 25.8 Å². The Hall–Kier alpha value is -4.36. The molecule has 1 aromatic carbocycles. The van der Waals surface area contributed by atoms with Crippen molar-refractivity contribution in [3.8, 4) is 0 Å². The number of hydrogen-bond acceptors (Lipinski definition) is 6. The standard InChI is InChI=1S/C19H26N4O8.C3H6O2/c24-15(25)9-12-4-6-13(7-5-12)10-21-18(30)20-8-2-1-3-14(17(28)29)23-19(31)22-11-16(26)27;1-2-3(4)5/h4-7,14H,1-3,8-11H2,(H,24,25)(H,26,27)(H,28,29)(H2,20,21,30)(H2,22,23,31);2H2,1H3,(H,4,5). The molecular formula is C22H32N4O10. The molecule has 0 spiro atoms. The van der Waals surface area contributed by atoms with Crippen LogP contribution < -0.4 is 21.3 Å². The van der Waals surface area contributed by atoms with E-state index in [1.54, 1.807) is 31.2 Å². The van der Waals surface area contributed by atoms with Crippen molar-refractivity contribution in [1.29, 1.82) is 0 Å². The lowest BCUT2D eigenvalue weighted by molar-refractivity contribution is -0.139. The van der Waals surface area contributed by atoms with Crippen LogP contribution in [-0.4, -0.2) is 75.5 Å². The lowest BCUT2D eigenvalue weighted by Crippen LogP contribution is -2.47. The van der Waals surface area contributed by atoms with Gasteiger partial charge in [-0.3, -0.25) is 14.4 Å². The van der Waals surface area contributed by atoms with Gasteiger partial charge in [0.2, 0.25) is 0 Å². The molecule has 4 amide bonds. The number of amides is 4. The normalized spacial score (nSPS) is 10.6. The van der Waals surface area contributed by atoms with E-state index in [0.29, 0.717) is 24.9 Å². The molecule has 0 aliphatic heterocycles. The molecule has 1 rings (SSSR count). The number of unbranched alkanes of at least 4 members (excludes halogenated alkanes) is 1. The summed E-state index contributed by atoms with van der Waals surface area (Å²) < 4.78 is 0. The molecule has 200 valence electrons. The number of hydrogen-bond donors (Lipinski definition) is 8. The van der Waals surface area contributed by atoms with E-state index in [4.69, 9.17) is 20.4 Å². The van der Waals surface area contributed by atoms with Gasteiger partial charge in [0.25, 0.3) is 0 Å². The van der Waals surface area contributed by atoms with Crippen LogP contribution in [0.2, 0.25) is 0 Å². The maximum atomic E-state index is 11.8. The number of carbonyl (C=O) groups is 6. The topological polar surface area (TPSA) is 231 Å². The number of rotatable bonds is 14. The van der Waals surface area contributed by atoms with Gasteiger partial charge in [0.05, 0.1) is 6.42 Å². The van der Waals surface area contributed by atoms with Crippen LogP contribution in [-0.2, 0) is 32.1 Å². The zero-order valence-electron chi connectivity index (χ0n) is 19.8. The Morgan fingerprint density at radius 1 is 0.750 bits per heavy atom. The highest BCUT2D eigenvalue weighted by Crippen LogP contribution is 2.05. The third kappa shape index (κ3) is 17.2. The van der Waals surface area contributed by atoms with Crippen molar-refractivity contribution in [3.63, 3.8) is 0 Å². The lowest BCUT2D eigenvalue weighted by Gasteiger charge is -2.14. The largest absolute Gasteiger partial charge is 0.481 e.